The van der Waals surface area contributed by atoms with Gasteiger partial charge in [-0.15, -0.1) is 0 Å². The number of rotatable bonds is 3. The summed E-state index contributed by atoms with van der Waals surface area (Å²) in [6.45, 7) is 5.75. The number of benzene rings is 1. The van der Waals surface area contributed by atoms with Crippen LogP contribution in [0.3, 0.4) is 0 Å². The zero-order chi connectivity index (χ0) is 14.0. The number of nitrogens with zero attached hydrogens (tertiary/aromatic N) is 1. The number of piperidine rings is 1. The summed E-state index contributed by atoms with van der Waals surface area (Å²) in [4.78, 5) is 2.16. The summed E-state index contributed by atoms with van der Waals surface area (Å²) >= 11 is 0. The first-order valence-electron chi connectivity index (χ1n) is 6.63. The molecule has 0 bridgehead atoms. The number of anilines is 1. The van der Waals surface area contributed by atoms with E-state index in [4.69, 9.17) is 9.47 Å². The summed E-state index contributed by atoms with van der Waals surface area (Å²) in [7, 11) is 3.31. The van der Waals surface area contributed by atoms with Gasteiger partial charge in [0.2, 0.25) is 0 Å². The van der Waals surface area contributed by atoms with Crippen LogP contribution in [0.15, 0.2) is 18.2 Å². The second-order valence-corrected chi connectivity index (χ2v) is 5.74. The predicted octanol–water partition coefficient (Wildman–Crippen LogP) is 2.30. The maximum absolute atomic E-state index is 10.2. The third-order valence-electron chi connectivity index (χ3n) is 4.05. The standard InChI is InChI=1S/C15H23NO3/c1-15(2)7-8-16(10-14(15)17)12-9-11(18-3)5-6-13(12)19-4/h5-6,9,14,17H,7-8,10H2,1-4H3. The van der Waals surface area contributed by atoms with Crippen molar-refractivity contribution in [2.75, 3.05) is 32.2 Å². The van der Waals surface area contributed by atoms with Crippen LogP contribution < -0.4 is 14.4 Å². The molecule has 1 saturated heterocycles. The smallest absolute Gasteiger partial charge is 0.142 e. The fraction of sp³-hybridized carbons (Fsp3) is 0.600. The summed E-state index contributed by atoms with van der Waals surface area (Å²) in [6, 6.07) is 5.75. The molecule has 1 unspecified atom stereocenters. The number of methoxy groups -OCH3 is 2. The molecule has 2 rings (SSSR count). The fourth-order valence-electron chi connectivity index (χ4n) is 2.40. The lowest BCUT2D eigenvalue weighted by Gasteiger charge is -2.42. The van der Waals surface area contributed by atoms with E-state index in [0.29, 0.717) is 6.54 Å². The minimum atomic E-state index is -0.336. The Morgan fingerprint density at radius 2 is 2.00 bits per heavy atom. The maximum atomic E-state index is 10.2. The van der Waals surface area contributed by atoms with E-state index in [-0.39, 0.29) is 11.5 Å². The van der Waals surface area contributed by atoms with E-state index in [9.17, 15) is 5.11 Å². The molecule has 0 aromatic heterocycles. The molecular formula is C15H23NO3. The highest BCUT2D eigenvalue weighted by atomic mass is 16.5. The van der Waals surface area contributed by atoms with Crippen molar-refractivity contribution in [3.63, 3.8) is 0 Å². The van der Waals surface area contributed by atoms with Crippen LogP contribution in [0.25, 0.3) is 0 Å². The average Bonchev–Trinajstić information content (AvgIpc) is 2.41. The van der Waals surface area contributed by atoms with Crippen LogP contribution in [0.2, 0.25) is 0 Å². The zero-order valence-electron chi connectivity index (χ0n) is 12.1. The minimum Gasteiger partial charge on any atom is -0.497 e. The van der Waals surface area contributed by atoms with Crippen molar-refractivity contribution in [2.45, 2.75) is 26.4 Å². The molecule has 1 aliphatic heterocycles. The molecule has 0 amide bonds. The summed E-state index contributed by atoms with van der Waals surface area (Å²) < 4.78 is 10.7. The number of hydrogen-bond donors (Lipinski definition) is 1. The van der Waals surface area contributed by atoms with Crippen LogP contribution in [0.5, 0.6) is 11.5 Å². The Balaban J connectivity index is 2.26. The molecule has 4 heteroatoms. The van der Waals surface area contributed by atoms with E-state index in [0.717, 1.165) is 30.2 Å². The highest BCUT2D eigenvalue weighted by Gasteiger charge is 2.35. The quantitative estimate of drug-likeness (QED) is 0.910. The molecule has 0 aliphatic carbocycles. The van der Waals surface area contributed by atoms with Gasteiger partial charge in [-0.1, -0.05) is 13.8 Å². The van der Waals surface area contributed by atoms with Gasteiger partial charge in [0.05, 0.1) is 26.0 Å². The van der Waals surface area contributed by atoms with Crippen LogP contribution in [-0.2, 0) is 0 Å². The molecule has 106 valence electrons. The molecule has 4 nitrogen and oxygen atoms in total. The number of ether oxygens (including phenoxy) is 2. The van der Waals surface area contributed by atoms with Crippen molar-refractivity contribution in [3.05, 3.63) is 18.2 Å². The van der Waals surface area contributed by atoms with Crippen LogP contribution >= 0.6 is 0 Å². The van der Waals surface area contributed by atoms with E-state index < -0.39 is 0 Å². The Morgan fingerprint density at radius 1 is 1.26 bits per heavy atom. The average molecular weight is 265 g/mol. The lowest BCUT2D eigenvalue weighted by Crippen LogP contribution is -2.48. The topological polar surface area (TPSA) is 41.9 Å². The molecule has 1 aromatic rings. The molecule has 1 heterocycles. The van der Waals surface area contributed by atoms with Crippen molar-refractivity contribution in [1.82, 2.24) is 0 Å². The maximum Gasteiger partial charge on any atom is 0.142 e. The SMILES string of the molecule is COc1ccc(OC)c(N2CCC(C)(C)C(O)C2)c1. The fourth-order valence-corrected chi connectivity index (χ4v) is 2.40. The first-order chi connectivity index (χ1) is 8.97. The summed E-state index contributed by atoms with van der Waals surface area (Å²) in [5.74, 6) is 1.61. The molecule has 1 fully saturated rings. The molecule has 1 aromatic carbocycles. The highest BCUT2D eigenvalue weighted by molar-refractivity contribution is 5.62. The van der Waals surface area contributed by atoms with Crippen molar-refractivity contribution < 1.29 is 14.6 Å². The number of hydrogen-bond acceptors (Lipinski definition) is 4. The van der Waals surface area contributed by atoms with Gasteiger partial charge in [-0.25, -0.2) is 0 Å². The largest absolute Gasteiger partial charge is 0.497 e. The van der Waals surface area contributed by atoms with Gasteiger partial charge in [0, 0.05) is 19.2 Å². The van der Waals surface area contributed by atoms with Crippen LogP contribution in [0.4, 0.5) is 5.69 Å². The van der Waals surface area contributed by atoms with Gasteiger partial charge in [-0.05, 0) is 24.0 Å². The molecular weight excluding hydrogens is 242 g/mol. The Hall–Kier alpha value is -1.42. The Morgan fingerprint density at radius 3 is 2.58 bits per heavy atom. The second-order valence-electron chi connectivity index (χ2n) is 5.74. The first kappa shape index (κ1) is 14.0. The Bertz CT molecular complexity index is 445. The molecule has 19 heavy (non-hydrogen) atoms. The van der Waals surface area contributed by atoms with Gasteiger partial charge in [-0.2, -0.15) is 0 Å². The molecule has 0 spiro atoms. The molecule has 1 N–H and O–H groups in total. The number of aliphatic hydroxyl groups excluding tert-OH is 1. The van der Waals surface area contributed by atoms with Crippen LogP contribution in [0.1, 0.15) is 20.3 Å². The highest BCUT2D eigenvalue weighted by Crippen LogP contribution is 2.37. The summed E-state index contributed by atoms with van der Waals surface area (Å²) in [5, 5.41) is 10.2. The van der Waals surface area contributed by atoms with E-state index >= 15 is 0 Å². The molecule has 0 radical (unpaired) electrons. The van der Waals surface area contributed by atoms with Crippen LogP contribution in [0, 0.1) is 5.41 Å². The lowest BCUT2D eigenvalue weighted by atomic mass is 9.80. The lowest BCUT2D eigenvalue weighted by molar-refractivity contribution is 0.0350. The first-order valence-corrected chi connectivity index (χ1v) is 6.63. The van der Waals surface area contributed by atoms with E-state index in [1.807, 2.05) is 18.2 Å². The Kier molecular flexibility index (Phi) is 3.90. The molecule has 1 aliphatic rings. The molecule has 1 atom stereocenters. The summed E-state index contributed by atoms with van der Waals surface area (Å²) in [6.07, 6.45) is 0.617. The normalized spacial score (nSPS) is 22.2. The van der Waals surface area contributed by atoms with Crippen molar-refractivity contribution in [2.24, 2.45) is 5.41 Å². The van der Waals surface area contributed by atoms with Crippen molar-refractivity contribution in [1.29, 1.82) is 0 Å². The zero-order valence-corrected chi connectivity index (χ0v) is 12.1. The third kappa shape index (κ3) is 2.78. The minimum absolute atomic E-state index is 0.0252. The second kappa shape index (κ2) is 5.29. The van der Waals surface area contributed by atoms with Gasteiger partial charge in [0.25, 0.3) is 0 Å². The monoisotopic (exact) mass is 265 g/mol. The van der Waals surface area contributed by atoms with Gasteiger partial charge in [-0.3, -0.25) is 0 Å². The van der Waals surface area contributed by atoms with Crippen LogP contribution in [-0.4, -0.2) is 38.5 Å². The molecule has 0 saturated carbocycles. The van der Waals surface area contributed by atoms with Gasteiger partial charge in [0.1, 0.15) is 11.5 Å². The van der Waals surface area contributed by atoms with Gasteiger partial charge < -0.3 is 19.5 Å². The Labute approximate surface area is 114 Å². The van der Waals surface area contributed by atoms with Gasteiger partial charge >= 0.3 is 0 Å². The van der Waals surface area contributed by atoms with Crippen molar-refractivity contribution >= 4 is 5.69 Å². The number of β-amino-alcohol motifs (C(OH)–C–C–N with tert-alkyl or cyclic N) is 1. The van der Waals surface area contributed by atoms with E-state index in [1.165, 1.54) is 0 Å². The van der Waals surface area contributed by atoms with E-state index in [2.05, 4.69) is 18.7 Å². The van der Waals surface area contributed by atoms with E-state index in [1.54, 1.807) is 14.2 Å². The van der Waals surface area contributed by atoms with Crippen molar-refractivity contribution in [3.8, 4) is 11.5 Å². The number of aliphatic hydroxyl groups is 1. The third-order valence-corrected chi connectivity index (χ3v) is 4.05. The van der Waals surface area contributed by atoms with Gasteiger partial charge in [0.15, 0.2) is 0 Å². The predicted molar refractivity (Wildman–Crippen MR) is 76.2 cm³/mol. The summed E-state index contributed by atoms with van der Waals surface area (Å²) in [5.41, 5.74) is 0.958.